The van der Waals surface area contributed by atoms with Crippen molar-refractivity contribution in [1.82, 2.24) is 4.90 Å². The minimum absolute atomic E-state index is 0.0169. The van der Waals surface area contributed by atoms with Crippen molar-refractivity contribution >= 4 is 52.2 Å². The number of thiocarbonyl (C=S) groups is 1. The monoisotopic (exact) mass is 397 g/mol. The molecule has 1 saturated heterocycles. The van der Waals surface area contributed by atoms with Crippen molar-refractivity contribution in [3.63, 3.8) is 0 Å². The summed E-state index contributed by atoms with van der Waals surface area (Å²) in [6, 6.07) is 3.43. The Morgan fingerprint density at radius 2 is 2.00 bits per heavy atom. The van der Waals surface area contributed by atoms with E-state index in [2.05, 4.69) is 0 Å². The fourth-order valence-electron chi connectivity index (χ4n) is 2.30. The number of methoxy groups -OCH3 is 2. The van der Waals surface area contributed by atoms with Crippen LogP contribution in [0.2, 0.25) is 0 Å². The van der Waals surface area contributed by atoms with Crippen molar-refractivity contribution in [1.29, 1.82) is 0 Å². The van der Waals surface area contributed by atoms with Crippen LogP contribution in [-0.2, 0) is 14.4 Å². The molecule has 1 aromatic carbocycles. The maximum Gasteiger partial charge on any atom is 0.327 e. The van der Waals surface area contributed by atoms with E-state index in [1.807, 2.05) is 0 Å². The molecule has 1 unspecified atom stereocenters. The van der Waals surface area contributed by atoms with Crippen LogP contribution in [0.15, 0.2) is 23.1 Å². The number of nitrogens with zero attached hydrogens (tertiary/aromatic N) is 1. The van der Waals surface area contributed by atoms with Gasteiger partial charge in [-0.05, 0) is 24.3 Å². The molecule has 1 aliphatic rings. The second-order valence-corrected chi connectivity index (χ2v) is 6.79. The summed E-state index contributed by atoms with van der Waals surface area (Å²) in [7, 11) is 2.96. The molecular formula is C16H15NO7S2. The van der Waals surface area contributed by atoms with Crippen LogP contribution in [0, 0.1) is 0 Å². The summed E-state index contributed by atoms with van der Waals surface area (Å²) in [6.45, 7) is 0. The number of aliphatic carboxylic acids is 2. The Balaban J connectivity index is 2.40. The number of amides is 1. The van der Waals surface area contributed by atoms with Gasteiger partial charge in [-0.15, -0.1) is 0 Å². The molecule has 0 bridgehead atoms. The molecule has 1 aliphatic heterocycles. The van der Waals surface area contributed by atoms with Crippen LogP contribution >= 0.6 is 24.0 Å². The third kappa shape index (κ3) is 4.14. The number of carboxylic acids is 2. The number of ether oxygens (including phenoxy) is 2. The van der Waals surface area contributed by atoms with E-state index in [9.17, 15) is 19.5 Å². The van der Waals surface area contributed by atoms with Crippen LogP contribution < -0.4 is 9.47 Å². The lowest BCUT2D eigenvalue weighted by Crippen LogP contribution is -2.45. The maximum absolute atomic E-state index is 12.6. The van der Waals surface area contributed by atoms with E-state index >= 15 is 0 Å². The number of benzene rings is 1. The zero-order valence-electron chi connectivity index (χ0n) is 13.8. The van der Waals surface area contributed by atoms with Gasteiger partial charge in [0.25, 0.3) is 5.91 Å². The van der Waals surface area contributed by atoms with Gasteiger partial charge in [0, 0.05) is 5.56 Å². The molecule has 2 rings (SSSR count). The molecule has 26 heavy (non-hydrogen) atoms. The van der Waals surface area contributed by atoms with E-state index in [1.54, 1.807) is 18.2 Å². The first-order chi connectivity index (χ1) is 12.3. The highest BCUT2D eigenvalue weighted by Crippen LogP contribution is 2.36. The maximum atomic E-state index is 12.6. The summed E-state index contributed by atoms with van der Waals surface area (Å²) >= 11 is 5.98. The van der Waals surface area contributed by atoms with Gasteiger partial charge < -0.3 is 19.7 Å². The Morgan fingerprint density at radius 1 is 1.31 bits per heavy atom. The summed E-state index contributed by atoms with van der Waals surface area (Å²) in [5.74, 6) is -2.43. The lowest BCUT2D eigenvalue weighted by molar-refractivity contribution is -0.150. The molecule has 1 aromatic rings. The lowest BCUT2D eigenvalue weighted by Gasteiger charge is -2.21. The van der Waals surface area contributed by atoms with Crippen molar-refractivity contribution in [2.45, 2.75) is 12.5 Å². The highest BCUT2D eigenvalue weighted by Gasteiger charge is 2.41. The van der Waals surface area contributed by atoms with E-state index in [0.717, 1.165) is 16.7 Å². The fraction of sp³-hybridized carbons (Fsp3) is 0.250. The number of carbonyl (C=O) groups excluding carboxylic acids is 1. The molecule has 8 nitrogen and oxygen atoms in total. The number of hydrogen-bond donors (Lipinski definition) is 2. The average Bonchev–Trinajstić information content (AvgIpc) is 2.86. The van der Waals surface area contributed by atoms with Crippen LogP contribution in [0.4, 0.5) is 0 Å². The first kappa shape index (κ1) is 19.7. The van der Waals surface area contributed by atoms with Crippen molar-refractivity contribution in [3.05, 3.63) is 28.7 Å². The van der Waals surface area contributed by atoms with Gasteiger partial charge in [0.1, 0.15) is 21.9 Å². The Morgan fingerprint density at radius 3 is 2.54 bits per heavy atom. The van der Waals surface area contributed by atoms with E-state index in [4.69, 9.17) is 26.8 Å². The SMILES string of the molecule is COc1ccc(OC)c(C=C2SC(=S)N(C(CC(=O)O)C(=O)O)C2=O)c1. The van der Waals surface area contributed by atoms with Crippen molar-refractivity contribution in [2.75, 3.05) is 14.2 Å². The molecule has 10 heteroatoms. The van der Waals surface area contributed by atoms with Gasteiger partial charge in [0.05, 0.1) is 25.5 Å². The molecule has 1 amide bonds. The first-order valence-corrected chi connectivity index (χ1v) is 8.44. The molecular weight excluding hydrogens is 382 g/mol. The standard InChI is InChI=1S/C16H15NO7S2/c1-23-9-3-4-11(24-2)8(5-9)6-12-14(20)17(16(25)26-12)10(15(21)22)7-13(18)19/h3-6,10H,7H2,1-2H3,(H,18,19)(H,21,22). The van der Waals surface area contributed by atoms with Gasteiger partial charge in [-0.1, -0.05) is 24.0 Å². The van der Waals surface area contributed by atoms with E-state index in [-0.39, 0.29) is 9.23 Å². The van der Waals surface area contributed by atoms with Gasteiger partial charge in [0.15, 0.2) is 0 Å². The third-order valence-corrected chi connectivity index (χ3v) is 4.84. The molecule has 0 radical (unpaired) electrons. The third-order valence-electron chi connectivity index (χ3n) is 3.51. The summed E-state index contributed by atoms with van der Waals surface area (Å²) < 4.78 is 10.4. The highest BCUT2D eigenvalue weighted by atomic mass is 32.2. The predicted octanol–water partition coefficient (Wildman–Crippen LogP) is 1.83. The minimum atomic E-state index is -1.57. The Bertz CT molecular complexity index is 806. The molecule has 2 N–H and O–H groups in total. The van der Waals surface area contributed by atoms with Crippen molar-refractivity contribution < 1.29 is 34.1 Å². The summed E-state index contributed by atoms with van der Waals surface area (Å²) in [6.07, 6.45) is 0.748. The summed E-state index contributed by atoms with van der Waals surface area (Å²) in [5.41, 5.74) is 0.539. The van der Waals surface area contributed by atoms with Gasteiger partial charge in [-0.3, -0.25) is 14.5 Å². The highest BCUT2D eigenvalue weighted by molar-refractivity contribution is 8.26. The number of thioether (sulfide) groups is 1. The summed E-state index contributed by atoms with van der Waals surface area (Å²) in [4.78, 5) is 35.9. The first-order valence-electron chi connectivity index (χ1n) is 7.22. The average molecular weight is 397 g/mol. The molecule has 138 valence electrons. The van der Waals surface area contributed by atoms with Gasteiger partial charge in [0.2, 0.25) is 0 Å². The minimum Gasteiger partial charge on any atom is -0.497 e. The quantitative estimate of drug-likeness (QED) is 0.525. The van der Waals surface area contributed by atoms with Gasteiger partial charge >= 0.3 is 11.9 Å². The topological polar surface area (TPSA) is 113 Å². The Kier molecular flexibility index (Phi) is 6.22. The van der Waals surface area contributed by atoms with Crippen LogP contribution in [0.5, 0.6) is 11.5 Å². The van der Waals surface area contributed by atoms with Crippen LogP contribution in [0.1, 0.15) is 12.0 Å². The number of carboxylic acid groups (broad SMARTS) is 2. The molecule has 0 aromatic heterocycles. The molecule has 0 spiro atoms. The molecule has 0 aliphatic carbocycles. The number of rotatable bonds is 7. The number of carbonyl (C=O) groups is 3. The van der Waals surface area contributed by atoms with E-state index in [1.165, 1.54) is 20.3 Å². The van der Waals surface area contributed by atoms with Gasteiger partial charge in [-0.2, -0.15) is 0 Å². The second-order valence-electron chi connectivity index (χ2n) is 5.11. The largest absolute Gasteiger partial charge is 0.497 e. The smallest absolute Gasteiger partial charge is 0.327 e. The van der Waals surface area contributed by atoms with E-state index in [0.29, 0.717) is 17.1 Å². The van der Waals surface area contributed by atoms with Crippen LogP contribution in [0.25, 0.3) is 6.08 Å². The van der Waals surface area contributed by atoms with Crippen molar-refractivity contribution in [3.8, 4) is 11.5 Å². The zero-order valence-corrected chi connectivity index (χ0v) is 15.4. The Hall–Kier alpha value is -2.59. The molecule has 1 fully saturated rings. The lowest BCUT2D eigenvalue weighted by atomic mass is 10.1. The summed E-state index contributed by atoms with van der Waals surface area (Å²) in [5, 5.41) is 18.2. The molecule has 1 heterocycles. The molecule has 0 saturated carbocycles. The predicted molar refractivity (Wildman–Crippen MR) is 98.2 cm³/mol. The zero-order chi connectivity index (χ0) is 19.4. The number of hydrogen-bond acceptors (Lipinski definition) is 7. The second kappa shape index (κ2) is 8.19. The van der Waals surface area contributed by atoms with Crippen LogP contribution in [-0.4, -0.2) is 57.5 Å². The van der Waals surface area contributed by atoms with E-state index < -0.39 is 30.3 Å². The van der Waals surface area contributed by atoms with Crippen molar-refractivity contribution in [2.24, 2.45) is 0 Å². The molecule has 1 atom stereocenters. The fourth-order valence-corrected chi connectivity index (χ4v) is 3.64. The van der Waals surface area contributed by atoms with Crippen LogP contribution in [0.3, 0.4) is 0 Å². The normalized spacial score (nSPS) is 16.7. The van der Waals surface area contributed by atoms with Gasteiger partial charge in [-0.25, -0.2) is 4.79 Å². The Labute approximate surface area is 158 Å².